The third-order valence-electron chi connectivity index (χ3n) is 2.62. The van der Waals surface area contributed by atoms with E-state index in [1.165, 1.54) is 12.1 Å². The Morgan fingerprint density at radius 3 is 2.36 bits per heavy atom. The first-order chi connectivity index (χ1) is 10.5. The Labute approximate surface area is 142 Å². The van der Waals surface area contributed by atoms with Crippen LogP contribution < -0.4 is 21.3 Å². The van der Waals surface area contributed by atoms with Gasteiger partial charge < -0.3 is 15.2 Å². The van der Waals surface area contributed by atoms with E-state index < -0.39 is 5.97 Å². The molecule has 0 aromatic heterocycles. The third-order valence-corrected chi connectivity index (χ3v) is 3.37. The number of anilines is 2. The van der Waals surface area contributed by atoms with E-state index in [0.717, 1.165) is 0 Å². The molecule has 0 saturated heterocycles. The molecule has 0 unspecified atom stereocenters. The summed E-state index contributed by atoms with van der Waals surface area (Å²) in [5.41, 5.74) is 6.92. The fourth-order valence-electron chi connectivity index (χ4n) is 1.56. The molecular formula is C14H10Cl2N3O2S-. The van der Waals surface area contributed by atoms with Gasteiger partial charge in [0.15, 0.2) is 5.11 Å². The molecule has 0 aliphatic heterocycles. The molecule has 2 rings (SSSR count). The highest BCUT2D eigenvalue weighted by Gasteiger charge is 2.03. The van der Waals surface area contributed by atoms with Crippen molar-refractivity contribution in [1.82, 2.24) is 5.43 Å². The Bertz CT molecular complexity index is 708. The van der Waals surface area contributed by atoms with Crippen LogP contribution in [0.5, 0.6) is 0 Å². The van der Waals surface area contributed by atoms with Crippen LogP contribution in [0.25, 0.3) is 0 Å². The highest BCUT2D eigenvalue weighted by molar-refractivity contribution is 7.80. The van der Waals surface area contributed by atoms with Crippen molar-refractivity contribution in [3.63, 3.8) is 0 Å². The zero-order valence-electron chi connectivity index (χ0n) is 11.0. The molecule has 22 heavy (non-hydrogen) atoms. The number of thiocarbonyl (C=S) groups is 1. The van der Waals surface area contributed by atoms with Crippen molar-refractivity contribution < 1.29 is 9.90 Å². The summed E-state index contributed by atoms with van der Waals surface area (Å²) in [6.07, 6.45) is 0. The van der Waals surface area contributed by atoms with E-state index in [4.69, 9.17) is 35.4 Å². The molecule has 0 atom stereocenters. The molecule has 0 aliphatic rings. The van der Waals surface area contributed by atoms with Gasteiger partial charge in [-0.2, -0.15) is 0 Å². The van der Waals surface area contributed by atoms with Crippen LogP contribution in [-0.4, -0.2) is 11.1 Å². The second-order valence-electron chi connectivity index (χ2n) is 4.19. The molecule has 0 saturated carbocycles. The van der Waals surface area contributed by atoms with Crippen LogP contribution in [0.2, 0.25) is 10.0 Å². The topological polar surface area (TPSA) is 76.2 Å². The lowest BCUT2D eigenvalue weighted by atomic mass is 10.2. The molecular weight excluding hydrogens is 345 g/mol. The molecule has 0 bridgehead atoms. The van der Waals surface area contributed by atoms with E-state index >= 15 is 0 Å². The summed E-state index contributed by atoms with van der Waals surface area (Å²) in [6, 6.07) is 11.0. The molecule has 8 heteroatoms. The van der Waals surface area contributed by atoms with Gasteiger partial charge in [0.05, 0.1) is 22.4 Å². The van der Waals surface area contributed by atoms with Gasteiger partial charge in [-0.1, -0.05) is 35.3 Å². The fraction of sp³-hybridized carbons (Fsp3) is 0. The van der Waals surface area contributed by atoms with Gasteiger partial charge in [-0.25, -0.2) is 0 Å². The molecule has 0 heterocycles. The predicted molar refractivity (Wildman–Crippen MR) is 90.2 cm³/mol. The second kappa shape index (κ2) is 7.31. The highest BCUT2D eigenvalue weighted by Crippen LogP contribution is 2.25. The van der Waals surface area contributed by atoms with E-state index in [1.807, 2.05) is 0 Å². The zero-order chi connectivity index (χ0) is 16.1. The molecule has 0 amide bonds. The average molecular weight is 355 g/mol. The monoisotopic (exact) mass is 354 g/mol. The first kappa shape index (κ1) is 16.4. The number of carbonyl (C=O) groups is 1. The predicted octanol–water partition coefficient (Wildman–Crippen LogP) is 2.67. The Morgan fingerprint density at radius 2 is 1.77 bits per heavy atom. The van der Waals surface area contributed by atoms with Crippen molar-refractivity contribution in [3.05, 3.63) is 58.1 Å². The summed E-state index contributed by atoms with van der Waals surface area (Å²) in [5, 5.41) is 14.8. The lowest BCUT2D eigenvalue weighted by molar-refractivity contribution is -0.255. The van der Waals surface area contributed by atoms with Gasteiger partial charge in [0.1, 0.15) is 0 Å². The number of carboxylic acid groups (broad SMARTS) is 1. The molecule has 114 valence electrons. The van der Waals surface area contributed by atoms with Crippen LogP contribution in [-0.2, 0) is 0 Å². The summed E-state index contributed by atoms with van der Waals surface area (Å²) >= 11 is 16.9. The minimum Gasteiger partial charge on any atom is -0.545 e. The number of benzene rings is 2. The summed E-state index contributed by atoms with van der Waals surface area (Å²) in [7, 11) is 0. The quantitative estimate of drug-likeness (QED) is 0.578. The standard InChI is InChI=1S/C14H11Cl2N3O2S/c15-9-3-6-12(11(16)7-9)17-14(22)19-18-10-4-1-8(2-5-10)13(20)21/h1-7,18H,(H,20,21)(H2,17,19,22)/p-1. The fourth-order valence-corrected chi connectivity index (χ4v) is 2.18. The largest absolute Gasteiger partial charge is 0.545 e. The number of carbonyl (C=O) groups excluding carboxylic acids is 1. The number of hydrogen-bond donors (Lipinski definition) is 3. The Balaban J connectivity index is 1.91. The lowest BCUT2D eigenvalue weighted by Gasteiger charge is -2.14. The Kier molecular flexibility index (Phi) is 5.43. The zero-order valence-corrected chi connectivity index (χ0v) is 13.4. The molecule has 0 fully saturated rings. The maximum atomic E-state index is 10.6. The van der Waals surface area contributed by atoms with Crippen molar-refractivity contribution in [3.8, 4) is 0 Å². The van der Waals surface area contributed by atoms with Crippen LogP contribution in [0.1, 0.15) is 10.4 Å². The van der Waals surface area contributed by atoms with Crippen molar-refractivity contribution in [2.75, 3.05) is 10.7 Å². The van der Waals surface area contributed by atoms with Crippen molar-refractivity contribution in [1.29, 1.82) is 0 Å². The van der Waals surface area contributed by atoms with Gasteiger partial charge in [-0.15, -0.1) is 0 Å². The van der Waals surface area contributed by atoms with E-state index in [0.29, 0.717) is 21.4 Å². The normalized spacial score (nSPS) is 9.91. The summed E-state index contributed by atoms with van der Waals surface area (Å²) in [5.74, 6) is -1.23. The average Bonchev–Trinajstić information content (AvgIpc) is 2.48. The van der Waals surface area contributed by atoms with Gasteiger partial charge in [-0.3, -0.25) is 10.9 Å². The highest BCUT2D eigenvalue weighted by atomic mass is 35.5. The minimum atomic E-state index is -1.23. The lowest BCUT2D eigenvalue weighted by Crippen LogP contribution is -2.33. The molecule has 2 aromatic carbocycles. The number of rotatable bonds is 4. The maximum absolute atomic E-state index is 10.6. The van der Waals surface area contributed by atoms with Gasteiger partial charge >= 0.3 is 0 Å². The van der Waals surface area contributed by atoms with Crippen LogP contribution in [0, 0.1) is 0 Å². The molecule has 0 spiro atoms. The van der Waals surface area contributed by atoms with Crippen molar-refractivity contribution >= 4 is 57.9 Å². The number of nitrogens with one attached hydrogen (secondary N) is 3. The minimum absolute atomic E-state index is 0.0965. The molecule has 5 nitrogen and oxygen atoms in total. The summed E-state index contributed by atoms with van der Waals surface area (Å²) in [4.78, 5) is 10.6. The first-order valence-corrected chi connectivity index (χ1v) is 7.21. The van der Waals surface area contributed by atoms with Crippen LogP contribution in [0.3, 0.4) is 0 Å². The van der Waals surface area contributed by atoms with E-state index in [-0.39, 0.29) is 10.7 Å². The van der Waals surface area contributed by atoms with E-state index in [2.05, 4.69) is 16.2 Å². The molecule has 3 N–H and O–H groups in total. The summed E-state index contributed by atoms with van der Waals surface area (Å²) < 4.78 is 0. The van der Waals surface area contributed by atoms with Crippen LogP contribution >= 0.6 is 35.4 Å². The number of hydrazine groups is 1. The first-order valence-electron chi connectivity index (χ1n) is 6.05. The van der Waals surface area contributed by atoms with Gasteiger partial charge in [0, 0.05) is 5.02 Å². The number of hydrogen-bond acceptors (Lipinski definition) is 4. The maximum Gasteiger partial charge on any atom is 0.189 e. The smallest absolute Gasteiger partial charge is 0.189 e. The van der Waals surface area contributed by atoms with Crippen molar-refractivity contribution in [2.24, 2.45) is 0 Å². The SMILES string of the molecule is O=C([O-])c1ccc(NNC(=S)Nc2ccc(Cl)cc2Cl)cc1. The third kappa shape index (κ3) is 4.49. The second-order valence-corrected chi connectivity index (χ2v) is 5.44. The van der Waals surface area contributed by atoms with E-state index in [1.54, 1.807) is 30.3 Å². The van der Waals surface area contributed by atoms with Gasteiger partial charge in [0.2, 0.25) is 0 Å². The van der Waals surface area contributed by atoms with Gasteiger partial charge in [-0.05, 0) is 48.1 Å². The number of carboxylic acids is 1. The van der Waals surface area contributed by atoms with Crippen molar-refractivity contribution in [2.45, 2.75) is 0 Å². The van der Waals surface area contributed by atoms with E-state index in [9.17, 15) is 9.90 Å². The molecule has 0 aliphatic carbocycles. The number of halogens is 2. The molecule has 0 radical (unpaired) electrons. The van der Waals surface area contributed by atoms with Gasteiger partial charge in [0.25, 0.3) is 0 Å². The number of aromatic carboxylic acids is 1. The van der Waals surface area contributed by atoms with Crippen LogP contribution in [0.4, 0.5) is 11.4 Å². The van der Waals surface area contributed by atoms with Crippen LogP contribution in [0.15, 0.2) is 42.5 Å². The summed E-state index contributed by atoms with van der Waals surface area (Å²) in [6.45, 7) is 0. The Hall–Kier alpha value is -2.02. The molecule has 2 aromatic rings. The Morgan fingerprint density at radius 1 is 1.09 bits per heavy atom.